The van der Waals surface area contributed by atoms with E-state index in [2.05, 4.69) is 0 Å². The van der Waals surface area contributed by atoms with Gasteiger partial charge in [-0.25, -0.2) is 0 Å². The van der Waals surface area contributed by atoms with Gasteiger partial charge in [0.2, 0.25) is 11.8 Å². The van der Waals surface area contributed by atoms with E-state index in [4.69, 9.17) is 16.3 Å². The van der Waals surface area contributed by atoms with E-state index in [-0.39, 0.29) is 18.2 Å². The lowest BCUT2D eigenvalue weighted by molar-refractivity contribution is -0.139. The summed E-state index contributed by atoms with van der Waals surface area (Å²) in [6, 6.07) is 3.61. The number of aryl methyl sites for hydroxylation is 1. The Kier molecular flexibility index (Phi) is 6.49. The fourth-order valence-electron chi connectivity index (χ4n) is 3.07. The molecule has 1 aromatic rings. The highest BCUT2D eigenvalue weighted by atomic mass is 35.5. The molecule has 132 valence electrons. The van der Waals surface area contributed by atoms with E-state index in [0.717, 1.165) is 17.5 Å². The van der Waals surface area contributed by atoms with Gasteiger partial charge in [-0.2, -0.15) is 0 Å². The van der Waals surface area contributed by atoms with Crippen LogP contribution in [0.4, 0.5) is 0 Å². The Morgan fingerprint density at radius 3 is 2.25 bits per heavy atom. The molecule has 0 N–H and O–H groups in total. The standard InChI is InChI=1S/C18H25ClN2O3/c1-4-5-16(22)20-6-8-21(9-7-20)17(23)12-14-11-15(19)10-13(2)18(14)24-3/h10-11H,4-9,12H2,1-3H3. The van der Waals surface area contributed by atoms with E-state index in [9.17, 15) is 9.59 Å². The van der Waals surface area contributed by atoms with Crippen molar-refractivity contribution in [1.82, 2.24) is 9.80 Å². The van der Waals surface area contributed by atoms with Crippen LogP contribution >= 0.6 is 11.6 Å². The van der Waals surface area contributed by atoms with Gasteiger partial charge in [-0.3, -0.25) is 9.59 Å². The van der Waals surface area contributed by atoms with E-state index < -0.39 is 0 Å². The number of carbonyl (C=O) groups excluding carboxylic acids is 2. The van der Waals surface area contributed by atoms with Crippen molar-refractivity contribution in [3.8, 4) is 5.75 Å². The molecule has 0 radical (unpaired) electrons. The topological polar surface area (TPSA) is 49.9 Å². The van der Waals surface area contributed by atoms with Crippen LogP contribution in [0.2, 0.25) is 5.02 Å². The first kappa shape index (κ1) is 18.6. The molecule has 2 amide bonds. The van der Waals surface area contributed by atoms with Gasteiger partial charge < -0.3 is 14.5 Å². The summed E-state index contributed by atoms with van der Waals surface area (Å²) in [6.45, 7) is 6.29. The van der Waals surface area contributed by atoms with Crippen molar-refractivity contribution >= 4 is 23.4 Å². The molecule has 5 nitrogen and oxygen atoms in total. The predicted molar refractivity (Wildman–Crippen MR) is 94.5 cm³/mol. The number of amides is 2. The number of rotatable bonds is 5. The third-order valence-electron chi connectivity index (χ3n) is 4.31. The third kappa shape index (κ3) is 4.41. The molecule has 0 atom stereocenters. The fourth-order valence-corrected chi connectivity index (χ4v) is 3.37. The molecule has 0 unspecified atom stereocenters. The molecule has 0 spiro atoms. The molecule has 0 bridgehead atoms. The van der Waals surface area contributed by atoms with E-state index >= 15 is 0 Å². The van der Waals surface area contributed by atoms with Crippen LogP contribution in [0.1, 0.15) is 30.9 Å². The number of methoxy groups -OCH3 is 1. The molecule has 0 saturated carbocycles. The minimum absolute atomic E-state index is 0.0394. The fraction of sp³-hybridized carbons (Fsp3) is 0.556. The van der Waals surface area contributed by atoms with Crippen LogP contribution in [0, 0.1) is 6.92 Å². The molecule has 24 heavy (non-hydrogen) atoms. The Hall–Kier alpha value is -1.75. The highest BCUT2D eigenvalue weighted by molar-refractivity contribution is 6.30. The number of ether oxygens (including phenoxy) is 1. The Morgan fingerprint density at radius 1 is 1.12 bits per heavy atom. The van der Waals surface area contributed by atoms with Gasteiger partial charge in [0.15, 0.2) is 0 Å². The number of benzene rings is 1. The summed E-state index contributed by atoms with van der Waals surface area (Å²) in [5, 5.41) is 0.603. The van der Waals surface area contributed by atoms with E-state index in [0.29, 0.717) is 43.4 Å². The highest BCUT2D eigenvalue weighted by Crippen LogP contribution is 2.28. The van der Waals surface area contributed by atoms with E-state index in [1.54, 1.807) is 13.2 Å². The second-order valence-electron chi connectivity index (χ2n) is 6.10. The Balaban J connectivity index is 1.98. The van der Waals surface area contributed by atoms with Crippen LogP contribution in [0.3, 0.4) is 0 Å². The van der Waals surface area contributed by atoms with Gasteiger partial charge in [-0.15, -0.1) is 0 Å². The summed E-state index contributed by atoms with van der Waals surface area (Å²) < 4.78 is 5.41. The molecule has 0 aromatic heterocycles. The van der Waals surface area contributed by atoms with Gasteiger partial charge in [0.25, 0.3) is 0 Å². The average Bonchev–Trinajstić information content (AvgIpc) is 2.55. The van der Waals surface area contributed by atoms with Crippen LogP contribution in [0.25, 0.3) is 0 Å². The number of carbonyl (C=O) groups is 2. The minimum Gasteiger partial charge on any atom is -0.496 e. The van der Waals surface area contributed by atoms with Crippen molar-refractivity contribution < 1.29 is 14.3 Å². The van der Waals surface area contributed by atoms with Crippen LogP contribution < -0.4 is 4.74 Å². The van der Waals surface area contributed by atoms with Gasteiger partial charge >= 0.3 is 0 Å². The van der Waals surface area contributed by atoms with Crippen LogP contribution in [0.15, 0.2) is 12.1 Å². The maximum Gasteiger partial charge on any atom is 0.227 e. The summed E-state index contributed by atoms with van der Waals surface area (Å²) in [7, 11) is 1.60. The van der Waals surface area contributed by atoms with Crippen molar-refractivity contribution in [1.29, 1.82) is 0 Å². The van der Waals surface area contributed by atoms with Crippen molar-refractivity contribution in [2.75, 3.05) is 33.3 Å². The van der Waals surface area contributed by atoms with Crippen LogP contribution in [0.5, 0.6) is 5.75 Å². The zero-order valence-electron chi connectivity index (χ0n) is 14.6. The monoisotopic (exact) mass is 352 g/mol. The molecule has 1 aliphatic heterocycles. The molecule has 1 aromatic carbocycles. The molecule has 1 aliphatic rings. The van der Waals surface area contributed by atoms with Gasteiger partial charge in [-0.1, -0.05) is 18.5 Å². The predicted octanol–water partition coefficient (Wildman–Crippen LogP) is 2.67. The normalized spacial score (nSPS) is 14.7. The van der Waals surface area contributed by atoms with Crippen molar-refractivity contribution in [3.05, 3.63) is 28.3 Å². The minimum atomic E-state index is 0.0394. The summed E-state index contributed by atoms with van der Waals surface area (Å²) in [6.07, 6.45) is 1.69. The first-order valence-corrected chi connectivity index (χ1v) is 8.72. The lowest BCUT2D eigenvalue weighted by atomic mass is 10.1. The lowest BCUT2D eigenvalue weighted by Gasteiger charge is -2.35. The Morgan fingerprint density at radius 2 is 1.71 bits per heavy atom. The second kappa shape index (κ2) is 8.38. The van der Waals surface area contributed by atoms with Gasteiger partial charge in [0.05, 0.1) is 13.5 Å². The Bertz CT molecular complexity index is 611. The van der Waals surface area contributed by atoms with Crippen LogP contribution in [-0.4, -0.2) is 54.9 Å². The van der Waals surface area contributed by atoms with Crippen LogP contribution in [-0.2, 0) is 16.0 Å². The average molecular weight is 353 g/mol. The first-order valence-electron chi connectivity index (χ1n) is 8.34. The van der Waals surface area contributed by atoms with E-state index in [1.165, 1.54) is 0 Å². The largest absolute Gasteiger partial charge is 0.496 e. The first-order chi connectivity index (χ1) is 11.5. The van der Waals surface area contributed by atoms with Crippen molar-refractivity contribution in [2.24, 2.45) is 0 Å². The third-order valence-corrected chi connectivity index (χ3v) is 4.53. The molecule has 0 aliphatic carbocycles. The number of nitrogens with zero attached hydrogens (tertiary/aromatic N) is 2. The van der Waals surface area contributed by atoms with Crippen molar-refractivity contribution in [3.63, 3.8) is 0 Å². The van der Waals surface area contributed by atoms with Gasteiger partial charge in [0, 0.05) is 43.2 Å². The summed E-state index contributed by atoms with van der Waals surface area (Å²) in [5.74, 6) is 0.929. The number of hydrogen-bond donors (Lipinski definition) is 0. The molecular formula is C18H25ClN2O3. The SMILES string of the molecule is CCCC(=O)N1CCN(C(=O)Cc2cc(Cl)cc(C)c2OC)CC1. The maximum atomic E-state index is 12.6. The van der Waals surface area contributed by atoms with Gasteiger partial charge in [-0.05, 0) is 31.0 Å². The van der Waals surface area contributed by atoms with Crippen molar-refractivity contribution in [2.45, 2.75) is 33.1 Å². The molecule has 6 heteroatoms. The molecule has 1 saturated heterocycles. The smallest absolute Gasteiger partial charge is 0.227 e. The molecular weight excluding hydrogens is 328 g/mol. The molecule has 1 heterocycles. The zero-order chi connectivity index (χ0) is 17.7. The number of piperazine rings is 1. The number of halogens is 1. The van der Waals surface area contributed by atoms with Gasteiger partial charge in [0.1, 0.15) is 5.75 Å². The zero-order valence-corrected chi connectivity index (χ0v) is 15.4. The summed E-state index contributed by atoms with van der Waals surface area (Å²) >= 11 is 6.11. The maximum absolute atomic E-state index is 12.6. The highest BCUT2D eigenvalue weighted by Gasteiger charge is 2.24. The second-order valence-corrected chi connectivity index (χ2v) is 6.54. The lowest BCUT2D eigenvalue weighted by Crippen LogP contribution is -2.50. The molecule has 2 rings (SSSR count). The Labute approximate surface area is 148 Å². The summed E-state index contributed by atoms with van der Waals surface area (Å²) in [5.41, 5.74) is 1.72. The molecule has 1 fully saturated rings. The summed E-state index contributed by atoms with van der Waals surface area (Å²) in [4.78, 5) is 28.2. The van der Waals surface area contributed by atoms with E-state index in [1.807, 2.05) is 29.7 Å². The quantitative estimate of drug-likeness (QED) is 0.818. The number of hydrogen-bond acceptors (Lipinski definition) is 3.